The smallest absolute Gasteiger partial charge is 0.330 e. The van der Waals surface area contributed by atoms with Gasteiger partial charge in [0.1, 0.15) is 12.7 Å². The highest BCUT2D eigenvalue weighted by atomic mass is 32.2. The van der Waals surface area contributed by atoms with Crippen LogP contribution in [0.4, 0.5) is 0 Å². The second-order valence-corrected chi connectivity index (χ2v) is 6.11. The molecule has 23 heavy (non-hydrogen) atoms. The van der Waals surface area contributed by atoms with Crippen LogP contribution in [-0.2, 0) is 25.4 Å². The number of rotatable bonds is 4. The maximum atomic E-state index is 11.9. The van der Waals surface area contributed by atoms with E-state index in [0.717, 1.165) is 10.1 Å². The van der Waals surface area contributed by atoms with Crippen LogP contribution < -0.4 is 11.2 Å². The minimum atomic E-state index is -0.341. The van der Waals surface area contributed by atoms with Gasteiger partial charge in [0.15, 0.2) is 0 Å². The molecule has 120 valence electrons. The van der Waals surface area contributed by atoms with Crippen molar-refractivity contribution in [3.63, 3.8) is 0 Å². The lowest BCUT2D eigenvalue weighted by Crippen LogP contribution is -2.37. The van der Waals surface area contributed by atoms with Gasteiger partial charge in [-0.1, -0.05) is 29.8 Å². The van der Waals surface area contributed by atoms with E-state index in [1.807, 2.05) is 31.2 Å². The summed E-state index contributed by atoms with van der Waals surface area (Å²) < 4.78 is 7.75. The van der Waals surface area contributed by atoms with Crippen LogP contribution >= 0.6 is 11.8 Å². The van der Waals surface area contributed by atoms with E-state index in [9.17, 15) is 9.59 Å². The summed E-state index contributed by atoms with van der Waals surface area (Å²) >= 11 is 1.29. The fourth-order valence-electron chi connectivity index (χ4n) is 1.87. The highest BCUT2D eigenvalue weighted by Gasteiger charge is 2.06. The van der Waals surface area contributed by atoms with Crippen molar-refractivity contribution in [2.75, 3.05) is 5.75 Å². The van der Waals surface area contributed by atoms with Crippen LogP contribution in [0.1, 0.15) is 11.1 Å². The molecule has 0 amide bonds. The van der Waals surface area contributed by atoms with Gasteiger partial charge in [0.05, 0.1) is 10.6 Å². The first kappa shape index (κ1) is 17.0. The highest BCUT2D eigenvalue weighted by molar-refractivity contribution is 7.99. The lowest BCUT2D eigenvalue weighted by Gasteiger charge is -2.04. The van der Waals surface area contributed by atoms with Crippen molar-refractivity contribution < 1.29 is 4.74 Å². The van der Waals surface area contributed by atoms with Crippen LogP contribution in [0, 0.1) is 19.0 Å². The molecule has 1 heterocycles. The molecule has 0 aliphatic heterocycles. The number of aryl methyl sites for hydroxylation is 2. The van der Waals surface area contributed by atoms with E-state index in [-0.39, 0.29) is 11.2 Å². The van der Waals surface area contributed by atoms with Crippen molar-refractivity contribution in [3.05, 3.63) is 62.4 Å². The largest absolute Gasteiger partial charge is 0.442 e. The Morgan fingerprint density at radius 2 is 1.87 bits per heavy atom. The highest BCUT2D eigenvalue weighted by Crippen LogP contribution is 2.10. The minimum absolute atomic E-state index is 0.305. The Labute approximate surface area is 138 Å². The van der Waals surface area contributed by atoms with E-state index in [4.69, 9.17) is 4.74 Å². The number of hydrogen-bond donors (Lipinski definition) is 0. The lowest BCUT2D eigenvalue weighted by molar-refractivity contribution is 0.265. The molecule has 0 fully saturated rings. The van der Waals surface area contributed by atoms with Gasteiger partial charge in [0.2, 0.25) is 0 Å². The van der Waals surface area contributed by atoms with Crippen molar-refractivity contribution in [1.82, 2.24) is 9.13 Å². The number of nitrogens with zero attached hydrogens (tertiary/aromatic N) is 2. The number of ether oxygens (including phenoxy) is 1. The molecule has 0 aliphatic carbocycles. The van der Waals surface area contributed by atoms with Gasteiger partial charge >= 0.3 is 5.69 Å². The molecule has 0 unspecified atom stereocenters. The molecule has 2 aromatic rings. The summed E-state index contributed by atoms with van der Waals surface area (Å²) in [5, 5.41) is 0. The van der Waals surface area contributed by atoms with Gasteiger partial charge < -0.3 is 9.30 Å². The van der Waals surface area contributed by atoms with Gasteiger partial charge in [-0.3, -0.25) is 9.36 Å². The number of hydrogen-bond acceptors (Lipinski definition) is 4. The first-order valence-corrected chi connectivity index (χ1v) is 8.02. The van der Waals surface area contributed by atoms with Crippen LogP contribution in [0.5, 0.6) is 0 Å². The van der Waals surface area contributed by atoms with Gasteiger partial charge in [-0.05, 0) is 18.4 Å². The van der Waals surface area contributed by atoms with Crippen molar-refractivity contribution >= 4 is 11.8 Å². The number of thioether (sulfide) groups is 1. The van der Waals surface area contributed by atoms with Crippen LogP contribution in [0.15, 0.2) is 44.9 Å². The molecule has 0 radical (unpaired) electrons. The molecule has 0 bridgehead atoms. The third kappa shape index (κ3) is 4.54. The van der Waals surface area contributed by atoms with Crippen molar-refractivity contribution in [2.45, 2.75) is 18.4 Å². The summed E-state index contributed by atoms with van der Waals surface area (Å²) in [5.74, 6) is 3.27. The average molecular weight is 330 g/mol. The van der Waals surface area contributed by atoms with Gasteiger partial charge in [-0.15, -0.1) is 11.8 Å². The van der Waals surface area contributed by atoms with Gasteiger partial charge in [0.25, 0.3) is 5.56 Å². The molecule has 0 saturated heterocycles. The average Bonchev–Trinajstić information content (AvgIpc) is 2.55. The van der Waals surface area contributed by atoms with Gasteiger partial charge in [0, 0.05) is 20.3 Å². The predicted octanol–water partition coefficient (Wildman–Crippen LogP) is 1.66. The van der Waals surface area contributed by atoms with Gasteiger partial charge in [-0.2, -0.15) is 0 Å². The molecule has 1 aromatic heterocycles. The SMILES string of the molecule is Cc1ccc(COC#CCSc2cn(C)c(=O)n(C)c2=O)cc1. The Morgan fingerprint density at radius 3 is 2.57 bits per heavy atom. The maximum Gasteiger partial charge on any atom is 0.330 e. The Bertz CT molecular complexity index is 855. The molecule has 2 rings (SSSR count). The zero-order valence-corrected chi connectivity index (χ0v) is 14.1. The molecule has 5 nitrogen and oxygen atoms in total. The van der Waals surface area contributed by atoms with E-state index in [0.29, 0.717) is 17.3 Å². The summed E-state index contributed by atoms with van der Waals surface area (Å²) in [6, 6.07) is 8.05. The molecule has 0 atom stereocenters. The first-order valence-electron chi connectivity index (χ1n) is 7.03. The lowest BCUT2D eigenvalue weighted by atomic mass is 10.2. The standard InChI is InChI=1S/C17H18N2O3S/c1-13-5-7-14(8-6-13)12-22-9-4-10-23-15-11-18(2)17(21)19(3)16(15)20/h5-8,11H,10,12H2,1-3H3. The molecular formula is C17H18N2O3S. The first-order chi connectivity index (χ1) is 11.0. The van der Waals surface area contributed by atoms with Crippen LogP contribution in [0.2, 0.25) is 0 Å². The van der Waals surface area contributed by atoms with E-state index < -0.39 is 0 Å². The molecular weight excluding hydrogens is 312 g/mol. The predicted molar refractivity (Wildman–Crippen MR) is 91.4 cm³/mol. The normalized spacial score (nSPS) is 10.0. The second-order valence-electron chi connectivity index (χ2n) is 5.09. The monoisotopic (exact) mass is 330 g/mol. The summed E-state index contributed by atoms with van der Waals surface area (Å²) in [4.78, 5) is 24.0. The van der Waals surface area contributed by atoms with Crippen molar-refractivity contribution in [1.29, 1.82) is 0 Å². The summed E-state index contributed by atoms with van der Waals surface area (Å²) in [5.41, 5.74) is 1.62. The van der Waals surface area contributed by atoms with E-state index in [1.165, 1.54) is 35.1 Å². The quantitative estimate of drug-likeness (QED) is 0.632. The van der Waals surface area contributed by atoms with Crippen LogP contribution in [0.3, 0.4) is 0 Å². The Hall–Kier alpha value is -2.39. The summed E-state index contributed by atoms with van der Waals surface area (Å²) in [6.45, 7) is 2.46. The maximum absolute atomic E-state index is 11.9. The third-order valence-corrected chi connectivity index (χ3v) is 4.10. The zero-order chi connectivity index (χ0) is 16.8. The van der Waals surface area contributed by atoms with E-state index >= 15 is 0 Å². The molecule has 1 aromatic carbocycles. The Balaban J connectivity index is 1.88. The fraction of sp³-hybridized carbons (Fsp3) is 0.294. The topological polar surface area (TPSA) is 53.2 Å². The minimum Gasteiger partial charge on any atom is -0.442 e. The fourth-order valence-corrected chi connectivity index (χ4v) is 2.65. The van der Waals surface area contributed by atoms with Crippen molar-refractivity contribution in [3.8, 4) is 12.0 Å². The summed E-state index contributed by atoms with van der Waals surface area (Å²) in [7, 11) is 3.08. The summed E-state index contributed by atoms with van der Waals surface area (Å²) in [6.07, 6.45) is 4.16. The van der Waals surface area contributed by atoms with Crippen LogP contribution in [0.25, 0.3) is 0 Å². The van der Waals surface area contributed by atoms with Crippen LogP contribution in [-0.4, -0.2) is 14.9 Å². The van der Waals surface area contributed by atoms with E-state index in [1.54, 1.807) is 7.05 Å². The molecule has 6 heteroatoms. The zero-order valence-electron chi connectivity index (χ0n) is 13.3. The molecule has 0 spiro atoms. The third-order valence-electron chi connectivity index (χ3n) is 3.22. The van der Waals surface area contributed by atoms with Gasteiger partial charge in [-0.25, -0.2) is 4.79 Å². The Kier molecular flexibility index (Phi) is 5.72. The Morgan fingerprint density at radius 1 is 1.17 bits per heavy atom. The molecule has 0 aliphatic rings. The van der Waals surface area contributed by atoms with Crippen molar-refractivity contribution in [2.24, 2.45) is 14.1 Å². The number of aromatic nitrogens is 2. The molecule has 0 N–H and O–H groups in total. The molecule has 0 saturated carbocycles. The second kappa shape index (κ2) is 7.75. The van der Waals surface area contributed by atoms with E-state index in [2.05, 4.69) is 12.0 Å². The number of benzene rings is 1.